The number of carbonyl (C=O) groups is 3. The first kappa shape index (κ1) is 22.8. The van der Waals surface area contributed by atoms with Gasteiger partial charge in [0.1, 0.15) is 5.75 Å². The standard InChI is InChI=1S/C24H21ClN2O5/c1-27(17-8-4-3-5-9-17)23(29)18-10-6-7-11-19(18)24(30)32-15-22(28)26-20-14-16(25)12-13-21(20)31-2/h3-14H,15H2,1-2H3,(H,26,28). The summed E-state index contributed by atoms with van der Waals surface area (Å²) in [5.74, 6) is -1.33. The van der Waals surface area contributed by atoms with Gasteiger partial charge in [-0.3, -0.25) is 9.59 Å². The quantitative estimate of drug-likeness (QED) is 0.536. The highest BCUT2D eigenvalue weighted by molar-refractivity contribution is 6.31. The van der Waals surface area contributed by atoms with E-state index in [1.165, 1.54) is 30.2 Å². The van der Waals surface area contributed by atoms with E-state index in [-0.39, 0.29) is 17.0 Å². The number of esters is 1. The summed E-state index contributed by atoms with van der Waals surface area (Å²) in [6, 6.07) is 20.1. The SMILES string of the molecule is COc1ccc(Cl)cc1NC(=O)COC(=O)c1ccccc1C(=O)N(C)c1ccccc1. The molecule has 164 valence electrons. The average molecular weight is 453 g/mol. The lowest BCUT2D eigenvalue weighted by molar-refractivity contribution is -0.119. The van der Waals surface area contributed by atoms with Gasteiger partial charge >= 0.3 is 5.97 Å². The van der Waals surface area contributed by atoms with E-state index in [4.69, 9.17) is 21.1 Å². The average Bonchev–Trinajstić information content (AvgIpc) is 2.82. The van der Waals surface area contributed by atoms with Gasteiger partial charge in [-0.15, -0.1) is 0 Å². The highest BCUT2D eigenvalue weighted by Crippen LogP contribution is 2.27. The summed E-state index contributed by atoms with van der Waals surface area (Å²) in [6.07, 6.45) is 0. The molecule has 0 aliphatic carbocycles. The van der Waals surface area contributed by atoms with Gasteiger partial charge in [-0.2, -0.15) is 0 Å². The summed E-state index contributed by atoms with van der Waals surface area (Å²) in [7, 11) is 3.07. The Balaban J connectivity index is 1.69. The zero-order valence-electron chi connectivity index (χ0n) is 17.5. The Morgan fingerprint density at radius 2 is 1.59 bits per heavy atom. The molecule has 2 amide bonds. The Morgan fingerprint density at radius 3 is 2.28 bits per heavy atom. The van der Waals surface area contributed by atoms with E-state index >= 15 is 0 Å². The topological polar surface area (TPSA) is 84.9 Å². The maximum absolute atomic E-state index is 13.0. The minimum atomic E-state index is -0.788. The molecule has 7 nitrogen and oxygen atoms in total. The van der Waals surface area contributed by atoms with Crippen molar-refractivity contribution in [2.75, 3.05) is 31.0 Å². The van der Waals surface area contributed by atoms with E-state index in [1.54, 1.807) is 43.4 Å². The second kappa shape index (κ2) is 10.5. The van der Waals surface area contributed by atoms with E-state index < -0.39 is 18.5 Å². The Hall–Kier alpha value is -3.84. The number of anilines is 2. The van der Waals surface area contributed by atoms with Gasteiger partial charge in [0.2, 0.25) is 0 Å². The number of hydrogen-bond acceptors (Lipinski definition) is 5. The van der Waals surface area contributed by atoms with Crippen LogP contribution in [0.3, 0.4) is 0 Å². The molecule has 3 rings (SSSR count). The molecule has 0 bridgehead atoms. The zero-order valence-corrected chi connectivity index (χ0v) is 18.3. The summed E-state index contributed by atoms with van der Waals surface area (Å²) in [6.45, 7) is -0.550. The molecule has 3 aromatic rings. The summed E-state index contributed by atoms with van der Waals surface area (Å²) < 4.78 is 10.3. The fraction of sp³-hybridized carbons (Fsp3) is 0.125. The van der Waals surface area contributed by atoms with Crippen molar-refractivity contribution in [3.8, 4) is 5.75 Å². The van der Waals surface area contributed by atoms with Crippen LogP contribution in [0, 0.1) is 0 Å². The molecule has 3 aromatic carbocycles. The lowest BCUT2D eigenvalue weighted by Crippen LogP contribution is -2.28. The van der Waals surface area contributed by atoms with Gasteiger partial charge in [-0.05, 0) is 42.5 Å². The minimum absolute atomic E-state index is 0.0633. The normalized spacial score (nSPS) is 10.2. The number of rotatable bonds is 7. The summed E-state index contributed by atoms with van der Waals surface area (Å²) in [5.41, 5.74) is 1.26. The first-order valence-corrected chi connectivity index (χ1v) is 10.0. The highest BCUT2D eigenvalue weighted by atomic mass is 35.5. The molecule has 0 aliphatic heterocycles. The van der Waals surface area contributed by atoms with Crippen molar-refractivity contribution in [3.63, 3.8) is 0 Å². The largest absolute Gasteiger partial charge is 0.495 e. The second-order valence-electron chi connectivity index (χ2n) is 6.71. The van der Waals surface area contributed by atoms with E-state index in [0.717, 1.165) is 0 Å². The van der Waals surface area contributed by atoms with Crippen LogP contribution < -0.4 is 15.0 Å². The van der Waals surface area contributed by atoms with Gasteiger partial charge in [-0.1, -0.05) is 41.9 Å². The molecule has 32 heavy (non-hydrogen) atoms. The van der Waals surface area contributed by atoms with Crippen molar-refractivity contribution in [1.82, 2.24) is 0 Å². The van der Waals surface area contributed by atoms with Crippen molar-refractivity contribution < 1.29 is 23.9 Å². The van der Waals surface area contributed by atoms with E-state index in [9.17, 15) is 14.4 Å². The monoisotopic (exact) mass is 452 g/mol. The molecule has 8 heteroatoms. The third-order valence-corrected chi connectivity index (χ3v) is 4.83. The summed E-state index contributed by atoms with van der Waals surface area (Å²) in [4.78, 5) is 39.3. The highest BCUT2D eigenvalue weighted by Gasteiger charge is 2.22. The Labute approximate surface area is 190 Å². The molecule has 0 heterocycles. The van der Waals surface area contributed by atoms with Crippen LogP contribution in [0.15, 0.2) is 72.8 Å². The van der Waals surface area contributed by atoms with Gasteiger partial charge in [-0.25, -0.2) is 4.79 Å². The van der Waals surface area contributed by atoms with Crippen LogP contribution >= 0.6 is 11.6 Å². The maximum Gasteiger partial charge on any atom is 0.339 e. The lowest BCUT2D eigenvalue weighted by Gasteiger charge is -2.18. The van der Waals surface area contributed by atoms with E-state index in [0.29, 0.717) is 22.1 Å². The number of nitrogens with zero attached hydrogens (tertiary/aromatic N) is 1. The molecule has 0 radical (unpaired) electrons. The molecular weight excluding hydrogens is 432 g/mol. The summed E-state index contributed by atoms with van der Waals surface area (Å²) in [5, 5.41) is 3.00. The van der Waals surface area contributed by atoms with Crippen LogP contribution in [-0.4, -0.2) is 38.5 Å². The number of hydrogen-bond donors (Lipinski definition) is 1. The van der Waals surface area contributed by atoms with Crippen molar-refractivity contribution in [2.45, 2.75) is 0 Å². The number of para-hydroxylation sites is 1. The Morgan fingerprint density at radius 1 is 0.938 bits per heavy atom. The van der Waals surface area contributed by atoms with Gasteiger partial charge in [0.15, 0.2) is 6.61 Å². The molecule has 0 spiro atoms. The Kier molecular flexibility index (Phi) is 7.46. The first-order valence-electron chi connectivity index (χ1n) is 9.63. The second-order valence-corrected chi connectivity index (χ2v) is 7.15. The van der Waals surface area contributed by atoms with Gasteiger partial charge in [0, 0.05) is 17.8 Å². The van der Waals surface area contributed by atoms with Crippen molar-refractivity contribution >= 4 is 40.8 Å². The number of carbonyl (C=O) groups excluding carboxylic acids is 3. The van der Waals surface area contributed by atoms with Crippen molar-refractivity contribution in [3.05, 3.63) is 88.9 Å². The smallest absolute Gasteiger partial charge is 0.339 e. The fourth-order valence-corrected chi connectivity index (χ4v) is 3.14. The zero-order chi connectivity index (χ0) is 23.1. The Bertz CT molecular complexity index is 1130. The van der Waals surface area contributed by atoms with Crippen molar-refractivity contribution in [2.24, 2.45) is 0 Å². The predicted octanol–water partition coefficient (Wildman–Crippen LogP) is 4.42. The van der Waals surface area contributed by atoms with Crippen LogP contribution in [0.25, 0.3) is 0 Å². The molecule has 0 aromatic heterocycles. The van der Waals surface area contributed by atoms with Crippen molar-refractivity contribution in [1.29, 1.82) is 0 Å². The molecule has 0 unspecified atom stereocenters. The van der Waals surface area contributed by atoms with Gasteiger partial charge in [0.25, 0.3) is 11.8 Å². The molecular formula is C24H21ClN2O5. The third-order valence-electron chi connectivity index (χ3n) is 4.60. The van der Waals surface area contributed by atoms with Crippen LogP contribution in [0.1, 0.15) is 20.7 Å². The number of methoxy groups -OCH3 is 1. The van der Waals surface area contributed by atoms with Crippen LogP contribution in [-0.2, 0) is 9.53 Å². The maximum atomic E-state index is 13.0. The van der Waals surface area contributed by atoms with Gasteiger partial charge < -0.3 is 19.7 Å². The fourth-order valence-electron chi connectivity index (χ4n) is 2.97. The van der Waals surface area contributed by atoms with Crippen LogP contribution in [0.2, 0.25) is 5.02 Å². The first-order chi connectivity index (χ1) is 15.4. The van der Waals surface area contributed by atoms with Crippen LogP contribution in [0.5, 0.6) is 5.75 Å². The molecule has 0 aliphatic rings. The number of halogens is 1. The minimum Gasteiger partial charge on any atom is -0.495 e. The number of ether oxygens (including phenoxy) is 2. The van der Waals surface area contributed by atoms with Gasteiger partial charge in [0.05, 0.1) is 23.9 Å². The predicted molar refractivity (Wildman–Crippen MR) is 123 cm³/mol. The van der Waals surface area contributed by atoms with E-state index in [1.807, 2.05) is 18.2 Å². The molecule has 1 N–H and O–H groups in total. The molecule has 0 fully saturated rings. The van der Waals surface area contributed by atoms with Crippen LogP contribution in [0.4, 0.5) is 11.4 Å². The number of nitrogens with one attached hydrogen (secondary N) is 1. The molecule has 0 saturated heterocycles. The number of amides is 2. The lowest BCUT2D eigenvalue weighted by atomic mass is 10.1. The molecule has 0 saturated carbocycles. The third kappa shape index (κ3) is 5.44. The summed E-state index contributed by atoms with van der Waals surface area (Å²) >= 11 is 5.95. The molecule has 0 atom stereocenters. The van der Waals surface area contributed by atoms with E-state index in [2.05, 4.69) is 5.32 Å². The number of benzene rings is 3.